The van der Waals surface area contributed by atoms with E-state index in [0.717, 1.165) is 19.4 Å². The zero-order chi connectivity index (χ0) is 10.2. The minimum atomic E-state index is 0.264. The van der Waals surface area contributed by atoms with E-state index in [1.807, 2.05) is 0 Å². The fourth-order valence-corrected chi connectivity index (χ4v) is 2.04. The van der Waals surface area contributed by atoms with Crippen LogP contribution in [-0.4, -0.2) is 24.8 Å². The van der Waals surface area contributed by atoms with E-state index in [-0.39, 0.29) is 12.6 Å². The first-order valence-corrected chi connectivity index (χ1v) is 5.89. The summed E-state index contributed by atoms with van der Waals surface area (Å²) >= 11 is 1.69. The lowest BCUT2D eigenvalue weighted by molar-refractivity contribution is 0.282. The molecule has 3 nitrogen and oxygen atoms in total. The molecule has 14 heavy (non-hydrogen) atoms. The van der Waals surface area contributed by atoms with Crippen molar-refractivity contribution in [1.82, 2.24) is 5.32 Å². The fraction of sp³-hybridized carbons (Fsp3) is 0.600. The van der Waals surface area contributed by atoms with Gasteiger partial charge in [0.2, 0.25) is 0 Å². The van der Waals surface area contributed by atoms with Crippen molar-refractivity contribution in [2.75, 3.05) is 19.7 Å². The van der Waals surface area contributed by atoms with Gasteiger partial charge in [-0.3, -0.25) is 0 Å². The van der Waals surface area contributed by atoms with Crippen molar-refractivity contribution >= 4 is 11.3 Å². The highest BCUT2D eigenvalue weighted by molar-refractivity contribution is 7.07. The predicted octanol–water partition coefficient (Wildman–Crippen LogP) is 1.11. The highest BCUT2D eigenvalue weighted by Gasteiger charge is 2.07. The molecular formula is C10H18N2OS. The zero-order valence-electron chi connectivity index (χ0n) is 8.28. The van der Waals surface area contributed by atoms with Gasteiger partial charge in [-0.2, -0.15) is 11.3 Å². The minimum absolute atomic E-state index is 0.264. The van der Waals surface area contributed by atoms with Crippen LogP contribution in [-0.2, 0) is 0 Å². The van der Waals surface area contributed by atoms with Crippen LogP contribution in [0, 0.1) is 0 Å². The van der Waals surface area contributed by atoms with Gasteiger partial charge in [0.15, 0.2) is 0 Å². The number of unbranched alkanes of at least 4 members (excludes halogenated alkanes) is 1. The van der Waals surface area contributed by atoms with Gasteiger partial charge in [-0.25, -0.2) is 0 Å². The number of aliphatic hydroxyl groups is 1. The van der Waals surface area contributed by atoms with Crippen molar-refractivity contribution in [3.63, 3.8) is 0 Å². The van der Waals surface area contributed by atoms with E-state index >= 15 is 0 Å². The van der Waals surface area contributed by atoms with Crippen molar-refractivity contribution in [3.8, 4) is 0 Å². The largest absolute Gasteiger partial charge is 0.396 e. The summed E-state index contributed by atoms with van der Waals surface area (Å²) in [7, 11) is 0. The van der Waals surface area contributed by atoms with Gasteiger partial charge in [-0.05, 0) is 41.8 Å². The maximum absolute atomic E-state index is 8.62. The van der Waals surface area contributed by atoms with Crippen molar-refractivity contribution in [1.29, 1.82) is 0 Å². The molecule has 0 radical (unpaired) electrons. The van der Waals surface area contributed by atoms with Crippen LogP contribution in [0.3, 0.4) is 0 Å². The summed E-state index contributed by atoms with van der Waals surface area (Å²) in [4.78, 5) is 0. The first kappa shape index (κ1) is 11.7. The molecule has 0 fully saturated rings. The normalized spacial score (nSPS) is 13.0. The summed E-state index contributed by atoms with van der Waals surface area (Å²) < 4.78 is 0. The van der Waals surface area contributed by atoms with Gasteiger partial charge in [0, 0.05) is 19.2 Å². The Hall–Kier alpha value is -0.420. The van der Waals surface area contributed by atoms with Crippen molar-refractivity contribution in [3.05, 3.63) is 22.4 Å². The van der Waals surface area contributed by atoms with Crippen LogP contribution < -0.4 is 11.1 Å². The second-order valence-electron chi connectivity index (χ2n) is 3.23. The average molecular weight is 214 g/mol. The van der Waals surface area contributed by atoms with Crippen molar-refractivity contribution < 1.29 is 5.11 Å². The molecule has 4 N–H and O–H groups in total. The summed E-state index contributed by atoms with van der Waals surface area (Å²) in [6, 6.07) is 2.36. The lowest BCUT2D eigenvalue weighted by Gasteiger charge is -2.15. The first-order valence-electron chi connectivity index (χ1n) is 4.95. The fourth-order valence-electron chi connectivity index (χ4n) is 1.32. The Balaban J connectivity index is 2.26. The van der Waals surface area contributed by atoms with E-state index < -0.39 is 0 Å². The lowest BCUT2D eigenvalue weighted by atomic mass is 10.1. The van der Waals surface area contributed by atoms with Gasteiger partial charge in [0.1, 0.15) is 0 Å². The lowest BCUT2D eigenvalue weighted by Crippen LogP contribution is -2.28. The zero-order valence-corrected chi connectivity index (χ0v) is 9.09. The molecule has 0 aliphatic heterocycles. The van der Waals surface area contributed by atoms with Gasteiger partial charge in [-0.15, -0.1) is 0 Å². The van der Waals surface area contributed by atoms with Gasteiger partial charge < -0.3 is 16.2 Å². The number of nitrogens with two attached hydrogens (primary N) is 1. The van der Waals surface area contributed by atoms with Gasteiger partial charge in [0.25, 0.3) is 0 Å². The molecule has 1 aromatic heterocycles. The second-order valence-corrected chi connectivity index (χ2v) is 4.01. The molecule has 0 saturated heterocycles. The van der Waals surface area contributed by atoms with Crippen LogP contribution >= 0.6 is 11.3 Å². The van der Waals surface area contributed by atoms with Crippen LogP contribution in [0.15, 0.2) is 16.8 Å². The van der Waals surface area contributed by atoms with Gasteiger partial charge in [0.05, 0.1) is 0 Å². The summed E-state index contributed by atoms with van der Waals surface area (Å²) in [6.07, 6.45) is 1.85. The monoisotopic (exact) mass is 214 g/mol. The SMILES string of the molecule is NCC(NCCCCO)c1ccsc1. The number of aliphatic hydroxyl groups excluding tert-OH is 1. The standard InChI is InChI=1S/C10H18N2OS/c11-7-10(9-3-6-14-8-9)12-4-1-2-5-13/h3,6,8,10,12-13H,1-2,4-5,7,11H2. The minimum Gasteiger partial charge on any atom is -0.396 e. The highest BCUT2D eigenvalue weighted by Crippen LogP contribution is 2.14. The smallest absolute Gasteiger partial charge is 0.0452 e. The Morgan fingerprint density at radius 2 is 2.36 bits per heavy atom. The molecule has 1 unspecified atom stereocenters. The maximum atomic E-state index is 8.62. The summed E-state index contributed by atoms with van der Waals surface area (Å²) in [5.41, 5.74) is 6.94. The molecule has 4 heteroatoms. The predicted molar refractivity (Wildman–Crippen MR) is 60.4 cm³/mol. The number of hydrogen-bond acceptors (Lipinski definition) is 4. The van der Waals surface area contributed by atoms with E-state index in [2.05, 4.69) is 22.1 Å². The molecule has 1 atom stereocenters. The molecule has 0 saturated carbocycles. The molecule has 0 aliphatic carbocycles. The Bertz CT molecular complexity index is 226. The Kier molecular flexibility index (Phi) is 5.78. The molecular weight excluding hydrogens is 196 g/mol. The van der Waals surface area contributed by atoms with Gasteiger partial charge in [-0.1, -0.05) is 0 Å². The van der Waals surface area contributed by atoms with E-state index in [0.29, 0.717) is 6.54 Å². The second kappa shape index (κ2) is 6.95. The number of thiophene rings is 1. The number of rotatable bonds is 7. The Labute approximate surface area is 88.9 Å². The Morgan fingerprint density at radius 3 is 2.93 bits per heavy atom. The quantitative estimate of drug-likeness (QED) is 0.596. The third-order valence-corrected chi connectivity index (χ3v) is 2.86. The maximum Gasteiger partial charge on any atom is 0.0452 e. The van der Waals surface area contributed by atoms with E-state index in [9.17, 15) is 0 Å². The molecule has 1 rings (SSSR count). The first-order chi connectivity index (χ1) is 6.88. The molecule has 0 amide bonds. The van der Waals surface area contributed by atoms with Crippen LogP contribution in [0.4, 0.5) is 0 Å². The highest BCUT2D eigenvalue weighted by atomic mass is 32.1. The summed E-state index contributed by atoms with van der Waals surface area (Å²) in [5.74, 6) is 0. The van der Waals surface area contributed by atoms with Crippen molar-refractivity contribution in [2.24, 2.45) is 5.73 Å². The average Bonchev–Trinajstić information content (AvgIpc) is 2.71. The van der Waals surface area contributed by atoms with Gasteiger partial charge >= 0.3 is 0 Å². The number of hydrogen-bond donors (Lipinski definition) is 3. The molecule has 0 aliphatic rings. The Morgan fingerprint density at radius 1 is 1.50 bits per heavy atom. The van der Waals surface area contributed by atoms with E-state index in [1.54, 1.807) is 11.3 Å². The third-order valence-electron chi connectivity index (χ3n) is 2.16. The van der Waals surface area contributed by atoms with Crippen molar-refractivity contribution in [2.45, 2.75) is 18.9 Å². The number of nitrogens with one attached hydrogen (secondary N) is 1. The van der Waals surface area contributed by atoms with E-state index in [1.165, 1.54) is 5.56 Å². The van der Waals surface area contributed by atoms with E-state index in [4.69, 9.17) is 10.8 Å². The summed E-state index contributed by atoms with van der Waals surface area (Å²) in [5, 5.41) is 16.2. The molecule has 1 heterocycles. The molecule has 0 bridgehead atoms. The van der Waals surface area contributed by atoms with Crippen LogP contribution in [0.1, 0.15) is 24.4 Å². The molecule has 0 spiro atoms. The molecule has 1 aromatic rings. The molecule has 80 valence electrons. The van der Waals surface area contributed by atoms with Crippen LogP contribution in [0.5, 0.6) is 0 Å². The topological polar surface area (TPSA) is 58.3 Å². The molecule has 0 aromatic carbocycles. The third kappa shape index (κ3) is 3.75. The van der Waals surface area contributed by atoms with Crippen LogP contribution in [0.25, 0.3) is 0 Å². The summed E-state index contributed by atoms with van der Waals surface area (Å²) in [6.45, 7) is 1.81. The van der Waals surface area contributed by atoms with Crippen LogP contribution in [0.2, 0.25) is 0 Å².